The summed E-state index contributed by atoms with van der Waals surface area (Å²) in [5, 5.41) is 12.2. The highest BCUT2D eigenvalue weighted by atomic mass is 16.6. The second kappa shape index (κ2) is 5.61. The Morgan fingerprint density at radius 3 is 2.86 bits per heavy atom. The van der Waals surface area contributed by atoms with E-state index in [2.05, 4.69) is 24.0 Å². The van der Waals surface area contributed by atoms with Crippen LogP contribution in [0, 0.1) is 10.1 Å². The Morgan fingerprint density at radius 2 is 2.23 bits per heavy atom. The van der Waals surface area contributed by atoms with Crippen LogP contribution in [0.25, 0.3) is 10.9 Å². The highest BCUT2D eigenvalue weighted by Crippen LogP contribution is 2.40. The fraction of sp³-hybridized carbons (Fsp3) is 0.500. The molecule has 0 saturated carbocycles. The summed E-state index contributed by atoms with van der Waals surface area (Å²) in [5.41, 5.74) is 3.00. The van der Waals surface area contributed by atoms with Gasteiger partial charge in [0, 0.05) is 17.8 Å². The van der Waals surface area contributed by atoms with Crippen LogP contribution in [0.3, 0.4) is 0 Å². The van der Waals surface area contributed by atoms with E-state index in [1.54, 1.807) is 6.07 Å². The lowest BCUT2D eigenvalue weighted by atomic mass is 9.90. The molecule has 0 aliphatic heterocycles. The standard InChI is InChI=1S/C16H21N3O3/c1-4-22-14-8-7-13(19(20)21)16-15(14)11-9-10(18(2)3)5-6-12(11)17-16/h7-8,10,17H,4-6,9H2,1-3H3. The van der Waals surface area contributed by atoms with Gasteiger partial charge in [-0.05, 0) is 51.9 Å². The molecular weight excluding hydrogens is 282 g/mol. The Bertz CT molecular complexity index is 721. The molecular formula is C16H21N3O3. The Morgan fingerprint density at radius 1 is 1.45 bits per heavy atom. The van der Waals surface area contributed by atoms with Gasteiger partial charge in [-0.15, -0.1) is 0 Å². The number of aryl methyl sites for hydroxylation is 1. The molecule has 0 spiro atoms. The largest absolute Gasteiger partial charge is 0.493 e. The smallest absolute Gasteiger partial charge is 0.293 e. The van der Waals surface area contributed by atoms with Gasteiger partial charge in [0.15, 0.2) is 0 Å². The van der Waals surface area contributed by atoms with Gasteiger partial charge >= 0.3 is 0 Å². The molecule has 1 aliphatic rings. The number of nitro benzene ring substituents is 1. The second-order valence-corrected chi connectivity index (χ2v) is 5.97. The average Bonchev–Trinajstić information content (AvgIpc) is 2.86. The normalized spacial score (nSPS) is 17.7. The lowest BCUT2D eigenvalue weighted by Crippen LogP contribution is -2.33. The summed E-state index contributed by atoms with van der Waals surface area (Å²) >= 11 is 0. The first-order chi connectivity index (χ1) is 10.5. The van der Waals surface area contributed by atoms with Gasteiger partial charge in [-0.25, -0.2) is 0 Å². The Kier molecular flexibility index (Phi) is 3.78. The van der Waals surface area contributed by atoms with Crippen molar-refractivity contribution in [2.24, 2.45) is 0 Å². The number of benzene rings is 1. The lowest BCUT2D eigenvalue weighted by Gasteiger charge is -2.28. The van der Waals surface area contributed by atoms with Crippen molar-refractivity contribution in [2.45, 2.75) is 32.2 Å². The second-order valence-electron chi connectivity index (χ2n) is 5.97. The predicted molar refractivity (Wildman–Crippen MR) is 85.6 cm³/mol. The molecule has 0 radical (unpaired) electrons. The molecule has 6 heteroatoms. The molecule has 0 amide bonds. The van der Waals surface area contributed by atoms with Crippen molar-refractivity contribution in [1.82, 2.24) is 9.88 Å². The summed E-state index contributed by atoms with van der Waals surface area (Å²) in [6.45, 7) is 2.47. The zero-order valence-electron chi connectivity index (χ0n) is 13.2. The molecule has 1 atom stereocenters. The van der Waals surface area contributed by atoms with Crippen molar-refractivity contribution >= 4 is 16.6 Å². The van der Waals surface area contributed by atoms with Crippen molar-refractivity contribution in [3.8, 4) is 5.75 Å². The fourth-order valence-electron chi connectivity index (χ4n) is 3.33. The van der Waals surface area contributed by atoms with Crippen molar-refractivity contribution in [2.75, 3.05) is 20.7 Å². The minimum atomic E-state index is -0.330. The summed E-state index contributed by atoms with van der Waals surface area (Å²) in [6, 6.07) is 3.70. The number of ether oxygens (including phenoxy) is 1. The first-order valence-electron chi connectivity index (χ1n) is 7.63. The predicted octanol–water partition coefficient (Wildman–Crippen LogP) is 2.89. The third-order valence-corrected chi connectivity index (χ3v) is 4.48. The molecule has 0 saturated heterocycles. The lowest BCUT2D eigenvalue weighted by molar-refractivity contribution is -0.383. The van der Waals surface area contributed by atoms with E-state index in [-0.39, 0.29) is 10.6 Å². The van der Waals surface area contributed by atoms with Crippen molar-refractivity contribution in [1.29, 1.82) is 0 Å². The molecule has 2 aromatic rings. The monoisotopic (exact) mass is 303 g/mol. The molecule has 6 nitrogen and oxygen atoms in total. The van der Waals surface area contributed by atoms with Crippen LogP contribution in [-0.4, -0.2) is 41.6 Å². The van der Waals surface area contributed by atoms with Gasteiger partial charge in [0.25, 0.3) is 5.69 Å². The molecule has 22 heavy (non-hydrogen) atoms. The third-order valence-electron chi connectivity index (χ3n) is 4.48. The number of likely N-dealkylation sites (N-methyl/N-ethyl adjacent to an activating group) is 1. The van der Waals surface area contributed by atoms with E-state index in [1.165, 1.54) is 11.6 Å². The maximum Gasteiger partial charge on any atom is 0.293 e. The van der Waals surface area contributed by atoms with Gasteiger partial charge in [0.05, 0.1) is 16.9 Å². The van der Waals surface area contributed by atoms with E-state index in [1.807, 2.05) is 6.92 Å². The van der Waals surface area contributed by atoms with Crippen LogP contribution in [0.15, 0.2) is 12.1 Å². The van der Waals surface area contributed by atoms with Crippen LogP contribution in [-0.2, 0) is 12.8 Å². The minimum Gasteiger partial charge on any atom is -0.493 e. The summed E-state index contributed by atoms with van der Waals surface area (Å²) in [6.07, 6.45) is 2.86. The average molecular weight is 303 g/mol. The maximum atomic E-state index is 11.3. The number of rotatable bonds is 4. The molecule has 1 aliphatic carbocycles. The summed E-state index contributed by atoms with van der Waals surface area (Å²) in [4.78, 5) is 16.5. The SMILES string of the molecule is CCOc1ccc([N+](=O)[O-])c2[nH]c3c(c12)CC(N(C)C)CC3. The summed E-state index contributed by atoms with van der Waals surface area (Å²) in [5.74, 6) is 0.736. The van der Waals surface area contributed by atoms with Gasteiger partial charge in [-0.2, -0.15) is 0 Å². The number of nitrogens with zero attached hydrogens (tertiary/aromatic N) is 2. The number of hydrogen-bond acceptors (Lipinski definition) is 4. The van der Waals surface area contributed by atoms with Crippen molar-refractivity contribution < 1.29 is 9.66 Å². The van der Waals surface area contributed by atoms with Crippen LogP contribution in [0.4, 0.5) is 5.69 Å². The van der Waals surface area contributed by atoms with Crippen LogP contribution in [0.5, 0.6) is 5.75 Å². The first-order valence-corrected chi connectivity index (χ1v) is 7.63. The third kappa shape index (κ3) is 2.33. The van der Waals surface area contributed by atoms with E-state index in [9.17, 15) is 10.1 Å². The molecule has 118 valence electrons. The zero-order chi connectivity index (χ0) is 15.9. The van der Waals surface area contributed by atoms with E-state index in [0.717, 1.165) is 36.1 Å². The molecule has 1 heterocycles. The molecule has 1 aromatic carbocycles. The molecule has 0 bridgehead atoms. The number of H-pyrrole nitrogens is 1. The topological polar surface area (TPSA) is 71.4 Å². The van der Waals surface area contributed by atoms with Crippen molar-refractivity contribution in [3.63, 3.8) is 0 Å². The number of aromatic amines is 1. The molecule has 1 unspecified atom stereocenters. The van der Waals surface area contributed by atoms with Gasteiger partial charge in [0.2, 0.25) is 0 Å². The highest BCUT2D eigenvalue weighted by Gasteiger charge is 2.28. The Balaban J connectivity index is 2.21. The molecule has 0 fully saturated rings. The van der Waals surface area contributed by atoms with Gasteiger partial charge in [0.1, 0.15) is 11.3 Å². The number of non-ortho nitro benzene ring substituents is 1. The number of hydrogen-bond donors (Lipinski definition) is 1. The molecule has 1 aromatic heterocycles. The zero-order valence-corrected chi connectivity index (χ0v) is 13.2. The Hall–Kier alpha value is -2.08. The summed E-state index contributed by atoms with van der Waals surface area (Å²) < 4.78 is 5.72. The van der Waals surface area contributed by atoms with Crippen molar-refractivity contribution in [3.05, 3.63) is 33.5 Å². The quantitative estimate of drug-likeness (QED) is 0.696. The van der Waals surface area contributed by atoms with Gasteiger partial charge in [-0.3, -0.25) is 10.1 Å². The summed E-state index contributed by atoms with van der Waals surface area (Å²) in [7, 11) is 4.16. The van der Waals surface area contributed by atoms with Crippen LogP contribution >= 0.6 is 0 Å². The Labute approximate surface area is 129 Å². The molecule has 1 N–H and O–H groups in total. The van der Waals surface area contributed by atoms with Crippen LogP contribution in [0.1, 0.15) is 24.6 Å². The van der Waals surface area contributed by atoms with E-state index < -0.39 is 0 Å². The minimum absolute atomic E-state index is 0.120. The number of nitro groups is 1. The van der Waals surface area contributed by atoms with E-state index in [0.29, 0.717) is 18.2 Å². The van der Waals surface area contributed by atoms with Gasteiger partial charge in [-0.1, -0.05) is 0 Å². The highest BCUT2D eigenvalue weighted by molar-refractivity contribution is 5.96. The fourth-order valence-corrected chi connectivity index (χ4v) is 3.33. The number of nitrogens with one attached hydrogen (secondary N) is 1. The van der Waals surface area contributed by atoms with E-state index >= 15 is 0 Å². The maximum absolute atomic E-state index is 11.3. The first kappa shape index (κ1) is 14.8. The molecule has 3 rings (SSSR count). The van der Waals surface area contributed by atoms with Crippen LogP contribution < -0.4 is 4.74 Å². The van der Waals surface area contributed by atoms with Crippen LogP contribution in [0.2, 0.25) is 0 Å². The van der Waals surface area contributed by atoms with Gasteiger partial charge < -0.3 is 14.6 Å². The number of fused-ring (bicyclic) bond motifs is 3. The van der Waals surface area contributed by atoms with E-state index in [4.69, 9.17) is 4.74 Å². The number of aromatic nitrogens is 1.